The van der Waals surface area contributed by atoms with Gasteiger partial charge in [-0.15, -0.1) is 0 Å². The molecule has 0 saturated heterocycles. The largest absolute Gasteiger partial charge is 0.0740 e. The maximum absolute atomic E-state index is 2.53. The van der Waals surface area contributed by atoms with Crippen LogP contribution in [-0.4, -0.2) is 11.3 Å². The number of benzene rings is 1. The molecule has 1 aromatic carbocycles. The lowest BCUT2D eigenvalue weighted by Gasteiger charge is -2.40. The highest BCUT2D eigenvalue weighted by molar-refractivity contribution is 7.67. The molecule has 2 saturated carbocycles. The Morgan fingerprint density at radius 3 is 1.85 bits per heavy atom. The lowest BCUT2D eigenvalue weighted by molar-refractivity contribution is 0.487. The van der Waals surface area contributed by atoms with Crippen LogP contribution in [0.4, 0.5) is 0 Å². The summed E-state index contributed by atoms with van der Waals surface area (Å²) in [6, 6.07) is 9.60. The van der Waals surface area contributed by atoms with E-state index in [9.17, 15) is 0 Å². The first-order valence-electron chi connectivity index (χ1n) is 11.4. The van der Waals surface area contributed by atoms with E-state index in [1.54, 1.807) is 16.4 Å². The van der Waals surface area contributed by atoms with Gasteiger partial charge in [0.05, 0.1) is 0 Å². The van der Waals surface area contributed by atoms with Crippen molar-refractivity contribution in [1.82, 2.24) is 0 Å². The van der Waals surface area contributed by atoms with Crippen molar-refractivity contribution >= 4 is 18.8 Å². The molecule has 1 heteroatoms. The molecule has 0 amide bonds. The van der Waals surface area contributed by atoms with Crippen LogP contribution in [0.3, 0.4) is 0 Å². The fourth-order valence-corrected chi connectivity index (χ4v) is 9.88. The van der Waals surface area contributed by atoms with Gasteiger partial charge in [-0.05, 0) is 72.9 Å². The van der Waals surface area contributed by atoms with E-state index >= 15 is 0 Å². The second-order valence-electron chi connectivity index (χ2n) is 9.19. The summed E-state index contributed by atoms with van der Waals surface area (Å²) < 4.78 is 0. The zero-order valence-corrected chi connectivity index (χ0v) is 18.5. The number of hydrogen-bond acceptors (Lipinski definition) is 0. The summed E-state index contributed by atoms with van der Waals surface area (Å²) in [4.78, 5) is 0. The molecular formula is C26H37P. The van der Waals surface area contributed by atoms with Gasteiger partial charge in [0, 0.05) is 5.92 Å². The van der Waals surface area contributed by atoms with Gasteiger partial charge in [0.2, 0.25) is 0 Å². The summed E-state index contributed by atoms with van der Waals surface area (Å²) in [5, 5.41) is 1.76. The summed E-state index contributed by atoms with van der Waals surface area (Å²) in [5.74, 6) is 0.570. The van der Waals surface area contributed by atoms with Crippen LogP contribution in [0.2, 0.25) is 0 Å². The molecule has 3 aliphatic carbocycles. The maximum Gasteiger partial charge on any atom is 0.000426 e. The Labute approximate surface area is 168 Å². The molecule has 0 N–H and O–H groups in total. The Balaban J connectivity index is 1.76. The lowest BCUT2D eigenvalue weighted by Crippen LogP contribution is -2.28. The van der Waals surface area contributed by atoms with Crippen molar-refractivity contribution < 1.29 is 0 Å². The van der Waals surface area contributed by atoms with Crippen LogP contribution in [0.15, 0.2) is 41.5 Å². The van der Waals surface area contributed by atoms with Crippen LogP contribution in [0.1, 0.15) is 90.5 Å². The molecule has 1 atom stereocenters. The molecule has 27 heavy (non-hydrogen) atoms. The van der Waals surface area contributed by atoms with E-state index < -0.39 is 0 Å². The second kappa shape index (κ2) is 8.65. The third kappa shape index (κ3) is 3.98. The molecule has 0 nitrogen and oxygen atoms in total. The number of rotatable bonds is 4. The fraction of sp³-hybridized carbons (Fsp3) is 0.615. The van der Waals surface area contributed by atoms with Gasteiger partial charge in [0.1, 0.15) is 0 Å². The molecule has 1 unspecified atom stereocenters. The fourth-order valence-electron chi connectivity index (χ4n) is 5.92. The Morgan fingerprint density at radius 1 is 0.778 bits per heavy atom. The van der Waals surface area contributed by atoms with E-state index in [1.165, 1.54) is 75.4 Å². The summed E-state index contributed by atoms with van der Waals surface area (Å²) in [6.45, 7) is 7.05. The van der Waals surface area contributed by atoms with E-state index in [-0.39, 0.29) is 7.92 Å². The molecular weight excluding hydrogens is 343 g/mol. The summed E-state index contributed by atoms with van der Waals surface area (Å²) >= 11 is 0. The maximum atomic E-state index is 2.53. The smallest absolute Gasteiger partial charge is 0.000426 e. The zero-order chi connectivity index (χ0) is 18.8. The van der Waals surface area contributed by atoms with Crippen molar-refractivity contribution in [3.8, 4) is 0 Å². The van der Waals surface area contributed by atoms with Gasteiger partial charge in [-0.25, -0.2) is 0 Å². The van der Waals surface area contributed by atoms with Gasteiger partial charge in [-0.1, -0.05) is 89.3 Å². The normalized spacial score (nSPS) is 25.3. The predicted octanol–water partition coefficient (Wildman–Crippen LogP) is 7.83. The third-order valence-electron chi connectivity index (χ3n) is 7.36. The minimum atomic E-state index is -0.0387. The quantitative estimate of drug-likeness (QED) is 0.467. The van der Waals surface area contributed by atoms with Crippen LogP contribution in [0.25, 0.3) is 5.57 Å². The number of hydrogen-bond donors (Lipinski definition) is 0. The SMILES string of the molecule is CC1=CC(C)C(c2ccccc2P(C2CCCCC2)C2CCCCC2)=C1C. The lowest BCUT2D eigenvalue weighted by atomic mass is 9.94. The molecule has 0 spiro atoms. The first kappa shape index (κ1) is 19.4. The molecule has 0 aliphatic heterocycles. The average molecular weight is 381 g/mol. The molecule has 0 bridgehead atoms. The van der Waals surface area contributed by atoms with Gasteiger partial charge in [-0.3, -0.25) is 0 Å². The molecule has 3 aliphatic rings. The van der Waals surface area contributed by atoms with Crippen molar-refractivity contribution in [3.63, 3.8) is 0 Å². The molecule has 0 aromatic heterocycles. The van der Waals surface area contributed by atoms with E-state index in [2.05, 4.69) is 51.1 Å². The Hall–Kier alpha value is -0.870. The van der Waals surface area contributed by atoms with Crippen molar-refractivity contribution in [1.29, 1.82) is 0 Å². The van der Waals surface area contributed by atoms with Gasteiger partial charge in [0.15, 0.2) is 0 Å². The average Bonchev–Trinajstić information content (AvgIpc) is 2.96. The third-order valence-corrected chi connectivity index (χ3v) is 10.9. The Morgan fingerprint density at radius 2 is 1.33 bits per heavy atom. The molecule has 0 heterocycles. The predicted molar refractivity (Wildman–Crippen MR) is 122 cm³/mol. The topological polar surface area (TPSA) is 0 Å². The van der Waals surface area contributed by atoms with E-state index in [0.29, 0.717) is 5.92 Å². The molecule has 146 valence electrons. The second-order valence-corrected chi connectivity index (χ2v) is 11.9. The van der Waals surface area contributed by atoms with Gasteiger partial charge < -0.3 is 0 Å². The Bertz CT molecular complexity index is 695. The summed E-state index contributed by atoms with van der Waals surface area (Å²) in [6.07, 6.45) is 17.2. The van der Waals surface area contributed by atoms with Crippen LogP contribution in [-0.2, 0) is 0 Å². The highest BCUT2D eigenvalue weighted by Crippen LogP contribution is 2.56. The van der Waals surface area contributed by atoms with Gasteiger partial charge in [-0.2, -0.15) is 0 Å². The zero-order valence-electron chi connectivity index (χ0n) is 17.6. The highest BCUT2D eigenvalue weighted by atomic mass is 31.1. The summed E-state index contributed by atoms with van der Waals surface area (Å²) in [5.41, 5.74) is 8.22. The van der Waals surface area contributed by atoms with Crippen LogP contribution >= 0.6 is 7.92 Å². The van der Waals surface area contributed by atoms with Crippen molar-refractivity contribution in [2.75, 3.05) is 0 Å². The van der Waals surface area contributed by atoms with E-state index in [4.69, 9.17) is 0 Å². The summed E-state index contributed by atoms with van der Waals surface area (Å²) in [7, 11) is -0.0387. The van der Waals surface area contributed by atoms with Crippen molar-refractivity contribution in [3.05, 3.63) is 47.1 Å². The standard InChI is InChI=1S/C26H37P/c1-19-18-20(2)26(21(19)3)24-16-10-11-17-25(24)27(22-12-6-4-7-13-22)23-14-8-5-9-15-23/h10-11,16-18,20,22-23H,4-9,12-15H2,1-3H3. The minimum absolute atomic E-state index is 0.0387. The van der Waals surface area contributed by atoms with Gasteiger partial charge in [0.25, 0.3) is 0 Å². The van der Waals surface area contributed by atoms with Gasteiger partial charge >= 0.3 is 0 Å². The highest BCUT2D eigenvalue weighted by Gasteiger charge is 2.34. The molecule has 4 rings (SSSR count). The van der Waals surface area contributed by atoms with Crippen LogP contribution in [0, 0.1) is 5.92 Å². The van der Waals surface area contributed by atoms with E-state index in [0.717, 1.165) is 11.3 Å². The van der Waals surface area contributed by atoms with Crippen molar-refractivity contribution in [2.45, 2.75) is 96.3 Å². The van der Waals surface area contributed by atoms with Crippen LogP contribution < -0.4 is 5.30 Å². The molecule has 0 radical (unpaired) electrons. The molecule has 1 aromatic rings. The Kier molecular flexibility index (Phi) is 6.23. The van der Waals surface area contributed by atoms with E-state index in [1.807, 2.05) is 0 Å². The van der Waals surface area contributed by atoms with Crippen LogP contribution in [0.5, 0.6) is 0 Å². The first-order chi connectivity index (χ1) is 13.2. The molecule has 2 fully saturated rings. The van der Waals surface area contributed by atoms with Crippen molar-refractivity contribution in [2.24, 2.45) is 5.92 Å². The monoisotopic (exact) mass is 380 g/mol. The first-order valence-corrected chi connectivity index (χ1v) is 12.9. The number of allylic oxidation sites excluding steroid dienone is 4. The minimum Gasteiger partial charge on any atom is -0.0740 e.